The van der Waals surface area contributed by atoms with Crippen LogP contribution in [0, 0.1) is 0 Å². The highest BCUT2D eigenvalue weighted by Crippen LogP contribution is 2.33. The van der Waals surface area contributed by atoms with Gasteiger partial charge < -0.3 is 28.5 Å². The lowest BCUT2D eigenvalue weighted by molar-refractivity contribution is -0.937. The fraction of sp³-hybridized carbons (Fsp3) is 0.308. The van der Waals surface area contributed by atoms with Gasteiger partial charge in [-0.3, -0.25) is 0 Å². The second-order valence-corrected chi connectivity index (χ2v) is 9.75. The highest BCUT2D eigenvalue weighted by molar-refractivity contribution is 7.79. The third kappa shape index (κ3) is 6.13. The van der Waals surface area contributed by atoms with Crippen molar-refractivity contribution in [3.05, 3.63) is 90.5 Å². The van der Waals surface area contributed by atoms with Crippen LogP contribution in [0.3, 0.4) is 0 Å². The molecule has 3 aromatic carbocycles. The van der Waals surface area contributed by atoms with E-state index in [1.54, 1.807) is 0 Å². The van der Waals surface area contributed by atoms with Crippen molar-refractivity contribution in [3.8, 4) is 0 Å². The van der Waals surface area contributed by atoms with E-state index in [4.69, 9.17) is 0 Å². The zero-order valence-corrected chi connectivity index (χ0v) is 20.9. The number of hydrogen-bond donors (Lipinski definition) is 0. The maximum atomic E-state index is 2.47. The van der Waals surface area contributed by atoms with Gasteiger partial charge in [0.1, 0.15) is 6.54 Å². The lowest BCUT2D eigenvalue weighted by Crippen LogP contribution is -3.00. The summed E-state index contributed by atoms with van der Waals surface area (Å²) < 4.78 is 1.18. The smallest absolute Gasteiger partial charge is 0.104 e. The van der Waals surface area contributed by atoms with Crippen molar-refractivity contribution in [1.82, 2.24) is 0 Å². The quantitative estimate of drug-likeness (QED) is 0.232. The third-order valence-corrected chi connectivity index (χ3v) is 8.18. The zero-order chi connectivity index (χ0) is 19.8. The van der Waals surface area contributed by atoms with Crippen LogP contribution in [0.1, 0.15) is 32.8 Å². The molecule has 154 valence electrons. The SMILES string of the molecule is CCC[N+](CC)(CC)Cc1cccc(P(c2ccccc2)c2ccccc2)c1.[I-]. The highest BCUT2D eigenvalue weighted by atomic mass is 127. The summed E-state index contributed by atoms with van der Waals surface area (Å²) >= 11 is 0. The molecular weight excluding hydrogens is 484 g/mol. The molecule has 1 nitrogen and oxygen atoms in total. The molecule has 0 fully saturated rings. The van der Waals surface area contributed by atoms with Crippen molar-refractivity contribution in [1.29, 1.82) is 0 Å². The molecular formula is C26H33INP. The van der Waals surface area contributed by atoms with Gasteiger partial charge in [-0.2, -0.15) is 0 Å². The number of benzene rings is 3. The van der Waals surface area contributed by atoms with Gasteiger partial charge in [-0.25, -0.2) is 0 Å². The van der Waals surface area contributed by atoms with E-state index in [1.807, 2.05) is 0 Å². The number of nitrogens with zero attached hydrogens (tertiary/aromatic N) is 1. The first kappa shape index (κ1) is 24.1. The fourth-order valence-corrected chi connectivity index (χ4v) is 6.46. The van der Waals surface area contributed by atoms with E-state index in [1.165, 1.54) is 52.0 Å². The third-order valence-electron chi connectivity index (χ3n) is 5.76. The van der Waals surface area contributed by atoms with E-state index < -0.39 is 7.92 Å². The molecule has 0 aliphatic rings. The Hall–Kier alpha value is -1.22. The van der Waals surface area contributed by atoms with E-state index in [-0.39, 0.29) is 24.0 Å². The maximum absolute atomic E-state index is 2.47. The topological polar surface area (TPSA) is 0 Å². The minimum Gasteiger partial charge on any atom is -1.00 e. The Morgan fingerprint density at radius 2 is 1.17 bits per heavy atom. The normalized spacial score (nSPS) is 11.3. The second-order valence-electron chi connectivity index (χ2n) is 7.53. The monoisotopic (exact) mass is 517 g/mol. The van der Waals surface area contributed by atoms with Crippen molar-refractivity contribution in [2.24, 2.45) is 0 Å². The van der Waals surface area contributed by atoms with Crippen LogP contribution in [0.2, 0.25) is 0 Å². The summed E-state index contributed by atoms with van der Waals surface area (Å²) in [6.07, 6.45) is 1.24. The van der Waals surface area contributed by atoms with Crippen LogP contribution in [-0.2, 0) is 6.54 Å². The molecule has 0 N–H and O–H groups in total. The predicted molar refractivity (Wildman–Crippen MR) is 125 cm³/mol. The Balaban J connectivity index is 0.00000300. The molecule has 0 amide bonds. The molecule has 0 heterocycles. The lowest BCUT2D eigenvalue weighted by Gasteiger charge is -2.37. The molecule has 0 saturated carbocycles. The molecule has 0 aliphatic carbocycles. The summed E-state index contributed by atoms with van der Waals surface area (Å²) in [5.41, 5.74) is 1.47. The van der Waals surface area contributed by atoms with Crippen molar-refractivity contribution in [2.45, 2.75) is 33.7 Å². The van der Waals surface area contributed by atoms with Gasteiger partial charge in [0.2, 0.25) is 0 Å². The van der Waals surface area contributed by atoms with Crippen LogP contribution >= 0.6 is 7.92 Å². The molecule has 0 atom stereocenters. The van der Waals surface area contributed by atoms with E-state index in [2.05, 4.69) is 106 Å². The summed E-state index contributed by atoms with van der Waals surface area (Å²) in [6, 6.07) is 31.4. The molecule has 0 bridgehead atoms. The van der Waals surface area contributed by atoms with Gasteiger partial charge in [0.05, 0.1) is 19.6 Å². The molecule has 3 rings (SSSR count). The standard InChI is InChI=1S/C26H33NP.HI/c1-4-20-27(5-2,6-3)22-23-14-13-19-26(21-23)28(24-15-9-7-10-16-24)25-17-11-8-12-18-25;/h7-19,21H,4-6,20,22H2,1-3H3;1H/q+1;/p-1. The van der Waals surface area contributed by atoms with Crippen LogP contribution in [-0.4, -0.2) is 24.1 Å². The number of hydrogen-bond acceptors (Lipinski definition) is 0. The fourth-order valence-electron chi connectivity index (χ4n) is 4.10. The van der Waals surface area contributed by atoms with E-state index >= 15 is 0 Å². The average molecular weight is 517 g/mol. The summed E-state index contributed by atoms with van der Waals surface area (Å²) in [5, 5.41) is 4.29. The van der Waals surface area contributed by atoms with Crippen LogP contribution < -0.4 is 39.9 Å². The Morgan fingerprint density at radius 1 is 0.655 bits per heavy atom. The molecule has 3 aromatic rings. The Kier molecular flexibility index (Phi) is 9.82. The van der Waals surface area contributed by atoms with E-state index in [9.17, 15) is 0 Å². The number of rotatable bonds is 9. The molecule has 0 unspecified atom stereocenters. The van der Waals surface area contributed by atoms with Crippen LogP contribution in [0.25, 0.3) is 0 Å². The van der Waals surface area contributed by atoms with Crippen LogP contribution in [0.5, 0.6) is 0 Å². The summed E-state index contributed by atoms with van der Waals surface area (Å²) in [4.78, 5) is 0. The molecule has 0 aromatic heterocycles. The number of halogens is 1. The van der Waals surface area contributed by atoms with Gasteiger partial charge in [0, 0.05) is 5.56 Å². The summed E-state index contributed by atoms with van der Waals surface area (Å²) in [7, 11) is -0.527. The Labute approximate surface area is 195 Å². The summed E-state index contributed by atoms with van der Waals surface area (Å²) in [6.45, 7) is 11.7. The van der Waals surface area contributed by atoms with Crippen molar-refractivity contribution < 1.29 is 28.5 Å². The predicted octanol–water partition coefficient (Wildman–Crippen LogP) is 2.22. The first-order valence-electron chi connectivity index (χ1n) is 10.6. The maximum Gasteiger partial charge on any atom is 0.104 e. The molecule has 0 spiro atoms. The minimum atomic E-state index is -0.527. The molecule has 0 saturated heterocycles. The molecule has 29 heavy (non-hydrogen) atoms. The van der Waals surface area contributed by atoms with Gasteiger partial charge in [0.25, 0.3) is 0 Å². The second kappa shape index (κ2) is 11.8. The molecule has 0 aliphatic heterocycles. The van der Waals surface area contributed by atoms with Crippen molar-refractivity contribution >= 4 is 23.8 Å². The largest absolute Gasteiger partial charge is 1.00 e. The van der Waals surface area contributed by atoms with Crippen LogP contribution in [0.4, 0.5) is 0 Å². The first-order chi connectivity index (χ1) is 13.7. The van der Waals surface area contributed by atoms with Crippen molar-refractivity contribution in [3.63, 3.8) is 0 Å². The number of quaternary nitrogens is 1. The van der Waals surface area contributed by atoms with E-state index in [0.29, 0.717) is 0 Å². The van der Waals surface area contributed by atoms with E-state index in [0.717, 1.165) is 6.54 Å². The molecule has 0 radical (unpaired) electrons. The Morgan fingerprint density at radius 3 is 1.66 bits per heavy atom. The average Bonchev–Trinajstić information content (AvgIpc) is 2.75. The summed E-state index contributed by atoms with van der Waals surface area (Å²) in [5.74, 6) is 0. The lowest BCUT2D eigenvalue weighted by atomic mass is 10.1. The first-order valence-corrected chi connectivity index (χ1v) is 11.9. The minimum absolute atomic E-state index is 0. The van der Waals surface area contributed by atoms with Gasteiger partial charge in [-0.05, 0) is 50.2 Å². The van der Waals surface area contributed by atoms with Crippen LogP contribution in [0.15, 0.2) is 84.9 Å². The van der Waals surface area contributed by atoms with Gasteiger partial charge in [-0.15, -0.1) is 0 Å². The van der Waals surface area contributed by atoms with Crippen molar-refractivity contribution in [2.75, 3.05) is 19.6 Å². The van der Waals surface area contributed by atoms with Gasteiger partial charge in [-0.1, -0.05) is 85.8 Å². The van der Waals surface area contributed by atoms with Gasteiger partial charge >= 0.3 is 0 Å². The molecule has 3 heteroatoms. The van der Waals surface area contributed by atoms with Gasteiger partial charge in [0.15, 0.2) is 0 Å². The zero-order valence-electron chi connectivity index (χ0n) is 17.9. The Bertz CT molecular complexity index is 807. The highest BCUT2D eigenvalue weighted by Gasteiger charge is 2.23.